The summed E-state index contributed by atoms with van der Waals surface area (Å²) in [5.41, 5.74) is -0.522. The van der Waals surface area contributed by atoms with Crippen LogP contribution in [0.15, 0.2) is 60.7 Å². The molecule has 4 rings (SSSR count). The maximum atomic E-state index is 13.8. The van der Waals surface area contributed by atoms with Gasteiger partial charge in [0.15, 0.2) is 0 Å². The van der Waals surface area contributed by atoms with Crippen molar-refractivity contribution in [3.63, 3.8) is 0 Å². The summed E-state index contributed by atoms with van der Waals surface area (Å²) in [6.45, 7) is 12.2. The van der Waals surface area contributed by atoms with Crippen LogP contribution in [-0.4, -0.2) is 35.5 Å². The molecule has 1 heterocycles. The maximum Gasteiger partial charge on any atom is 0.417 e. The lowest BCUT2D eigenvalue weighted by Crippen LogP contribution is -2.44. The lowest BCUT2D eigenvalue weighted by Gasteiger charge is -2.27. The first-order valence-corrected chi connectivity index (χ1v) is 12.5. The Kier molecular flexibility index (Phi) is 7.62. The van der Waals surface area contributed by atoms with Gasteiger partial charge in [-0.15, -0.1) is 0 Å². The molecule has 6 nitrogen and oxygen atoms in total. The lowest BCUT2D eigenvalue weighted by atomic mass is 9.99. The average Bonchev–Trinajstić information content (AvgIpc) is 3.07. The molecule has 10 heteroatoms. The Bertz CT molecular complexity index is 1470. The van der Waals surface area contributed by atoms with E-state index in [1.54, 1.807) is 51.1 Å². The van der Waals surface area contributed by atoms with Crippen LogP contribution in [0.3, 0.4) is 0 Å². The summed E-state index contributed by atoms with van der Waals surface area (Å²) in [5.74, 6) is -0.397. The first-order chi connectivity index (χ1) is 18.4. The second-order valence-corrected chi connectivity index (χ2v) is 9.94. The minimum Gasteiger partial charge on any atom is -0.494 e. The lowest BCUT2D eigenvalue weighted by molar-refractivity contribution is -0.137. The van der Waals surface area contributed by atoms with E-state index in [0.717, 1.165) is 11.0 Å². The molecule has 0 bridgehead atoms. The second-order valence-electron chi connectivity index (χ2n) is 9.56. The Balaban J connectivity index is 1.47. The Hall–Kier alpha value is -4.03. The highest BCUT2D eigenvalue weighted by atomic mass is 35.5. The molecule has 1 fully saturated rings. The maximum absolute atomic E-state index is 13.8. The predicted molar refractivity (Wildman–Crippen MR) is 143 cm³/mol. The first-order valence-electron chi connectivity index (χ1n) is 12.1. The molecule has 0 radical (unpaired) electrons. The molecule has 0 saturated carbocycles. The Morgan fingerprint density at radius 2 is 1.74 bits per heavy atom. The molecule has 0 spiro atoms. The molecule has 1 aliphatic heterocycles. The van der Waals surface area contributed by atoms with Crippen molar-refractivity contribution in [1.82, 2.24) is 4.90 Å². The van der Waals surface area contributed by atoms with Crippen LogP contribution in [0.1, 0.15) is 31.4 Å². The third-order valence-corrected chi connectivity index (χ3v) is 7.18. The summed E-state index contributed by atoms with van der Waals surface area (Å²) >= 11 is 6.26. The number of halogens is 4. The molecule has 0 aliphatic carbocycles. The Morgan fingerprint density at radius 3 is 2.38 bits per heavy atom. The number of nitrogens with zero attached hydrogens (tertiary/aromatic N) is 3. The highest BCUT2D eigenvalue weighted by molar-refractivity contribution is 6.35. The van der Waals surface area contributed by atoms with Gasteiger partial charge in [0.2, 0.25) is 5.69 Å². The van der Waals surface area contributed by atoms with E-state index in [4.69, 9.17) is 22.9 Å². The van der Waals surface area contributed by atoms with Crippen molar-refractivity contribution in [1.29, 1.82) is 0 Å². The second kappa shape index (κ2) is 10.6. The van der Waals surface area contributed by atoms with Crippen LogP contribution in [0.2, 0.25) is 5.02 Å². The number of amides is 3. The molecule has 1 aliphatic rings. The quantitative estimate of drug-likeness (QED) is 0.169. The summed E-state index contributed by atoms with van der Waals surface area (Å²) in [7, 11) is 0. The van der Waals surface area contributed by atoms with Crippen LogP contribution in [0.4, 0.5) is 29.3 Å². The summed E-state index contributed by atoms with van der Waals surface area (Å²) in [6.07, 6.45) is -4.30. The van der Waals surface area contributed by atoms with E-state index in [2.05, 4.69) is 4.85 Å². The van der Waals surface area contributed by atoms with Crippen molar-refractivity contribution >= 4 is 34.9 Å². The summed E-state index contributed by atoms with van der Waals surface area (Å²) in [6, 6.07) is 14.6. The van der Waals surface area contributed by atoms with Gasteiger partial charge in [-0.05, 0) is 62.1 Å². The number of rotatable bonds is 7. The highest BCUT2D eigenvalue weighted by Crippen LogP contribution is 2.40. The molecule has 202 valence electrons. The minimum atomic E-state index is -4.58. The van der Waals surface area contributed by atoms with Gasteiger partial charge in [-0.1, -0.05) is 54.1 Å². The molecule has 0 N–H and O–H groups in total. The largest absolute Gasteiger partial charge is 0.494 e. The van der Waals surface area contributed by atoms with E-state index in [1.165, 1.54) is 29.2 Å². The van der Waals surface area contributed by atoms with E-state index in [0.29, 0.717) is 16.8 Å². The number of imide groups is 1. The number of alkyl halides is 3. The standard InChI is InChI=1S/C29H25ClF3N3O3/c1-18-24(14-13-23(34-4)25(18)30)36-26(37)28(2,3)35(27(36)38)15-8-16-39-20-11-12-21(19-9-6-5-7-10-19)22(17-20)29(31,32)33/h5-7,9-14,17H,8,15-16H2,1-3H3. The topological polar surface area (TPSA) is 54.2 Å². The van der Waals surface area contributed by atoms with Gasteiger partial charge >= 0.3 is 12.2 Å². The van der Waals surface area contributed by atoms with Gasteiger partial charge < -0.3 is 9.64 Å². The van der Waals surface area contributed by atoms with Crippen molar-refractivity contribution in [2.75, 3.05) is 18.1 Å². The molecule has 1 saturated heterocycles. The monoisotopic (exact) mass is 555 g/mol. The summed E-state index contributed by atoms with van der Waals surface area (Å²) in [5, 5.41) is 0.171. The molecule has 0 unspecified atom stereocenters. The van der Waals surface area contributed by atoms with E-state index in [9.17, 15) is 22.8 Å². The van der Waals surface area contributed by atoms with E-state index < -0.39 is 29.2 Å². The fraction of sp³-hybridized carbons (Fsp3) is 0.276. The molecule has 3 aromatic rings. The molecule has 3 amide bonds. The van der Waals surface area contributed by atoms with Gasteiger partial charge in [0.25, 0.3) is 5.91 Å². The van der Waals surface area contributed by atoms with E-state index in [-0.39, 0.29) is 41.6 Å². The van der Waals surface area contributed by atoms with Crippen molar-refractivity contribution in [2.24, 2.45) is 0 Å². The van der Waals surface area contributed by atoms with Crippen molar-refractivity contribution in [3.8, 4) is 16.9 Å². The van der Waals surface area contributed by atoms with Crippen LogP contribution in [0, 0.1) is 13.5 Å². The number of benzene rings is 3. The molecular formula is C29H25ClF3N3O3. The number of carbonyl (C=O) groups is 2. The van der Waals surface area contributed by atoms with Crippen LogP contribution >= 0.6 is 11.6 Å². The zero-order valence-corrected chi connectivity index (χ0v) is 22.2. The van der Waals surface area contributed by atoms with Gasteiger partial charge in [-0.25, -0.2) is 14.5 Å². The van der Waals surface area contributed by atoms with Gasteiger partial charge in [-0.3, -0.25) is 4.79 Å². The SMILES string of the molecule is [C-]#[N+]c1ccc(N2C(=O)N(CCCOc3ccc(-c4ccccc4)c(C(F)(F)F)c3)C(C)(C)C2=O)c(C)c1Cl. The fourth-order valence-electron chi connectivity index (χ4n) is 4.54. The number of anilines is 1. The van der Waals surface area contributed by atoms with Crippen LogP contribution < -0.4 is 9.64 Å². The molecule has 0 atom stereocenters. The van der Waals surface area contributed by atoms with Gasteiger partial charge in [0, 0.05) is 6.54 Å². The van der Waals surface area contributed by atoms with Gasteiger partial charge in [0.05, 0.1) is 29.5 Å². The molecule has 0 aromatic heterocycles. The first kappa shape index (κ1) is 28.0. The zero-order valence-electron chi connectivity index (χ0n) is 21.5. The number of ether oxygens (including phenoxy) is 1. The minimum absolute atomic E-state index is 0.0284. The summed E-state index contributed by atoms with van der Waals surface area (Å²) in [4.78, 5) is 32.3. The van der Waals surface area contributed by atoms with Crippen molar-refractivity contribution < 1.29 is 27.5 Å². The Labute approximate surface area is 229 Å². The van der Waals surface area contributed by atoms with E-state index >= 15 is 0 Å². The highest BCUT2D eigenvalue weighted by Gasteiger charge is 2.52. The predicted octanol–water partition coefficient (Wildman–Crippen LogP) is 7.90. The molecule has 39 heavy (non-hydrogen) atoms. The Morgan fingerprint density at radius 1 is 1.05 bits per heavy atom. The zero-order chi connectivity index (χ0) is 28.5. The average molecular weight is 556 g/mol. The fourth-order valence-corrected chi connectivity index (χ4v) is 4.74. The molecule has 3 aromatic carbocycles. The molecular weight excluding hydrogens is 531 g/mol. The summed E-state index contributed by atoms with van der Waals surface area (Å²) < 4.78 is 47.0. The van der Waals surface area contributed by atoms with Crippen molar-refractivity contribution in [2.45, 2.75) is 38.9 Å². The normalized spacial score (nSPS) is 15.0. The van der Waals surface area contributed by atoms with Crippen molar-refractivity contribution in [3.05, 3.63) is 88.2 Å². The van der Waals surface area contributed by atoms with Crippen LogP contribution in [0.5, 0.6) is 5.75 Å². The number of hydrogen-bond donors (Lipinski definition) is 0. The third-order valence-electron chi connectivity index (χ3n) is 6.70. The smallest absolute Gasteiger partial charge is 0.417 e. The number of carbonyl (C=O) groups excluding carboxylic acids is 2. The van der Waals surface area contributed by atoms with Gasteiger partial charge in [0.1, 0.15) is 11.3 Å². The number of urea groups is 1. The van der Waals surface area contributed by atoms with Crippen LogP contribution in [0.25, 0.3) is 16.0 Å². The van der Waals surface area contributed by atoms with Gasteiger partial charge in [-0.2, -0.15) is 13.2 Å². The van der Waals surface area contributed by atoms with E-state index in [1.807, 2.05) is 0 Å². The third kappa shape index (κ3) is 5.30. The number of hydrogen-bond acceptors (Lipinski definition) is 3. The van der Waals surface area contributed by atoms with Crippen LogP contribution in [-0.2, 0) is 11.0 Å².